The van der Waals surface area contributed by atoms with Crippen LogP contribution in [0.5, 0.6) is 5.88 Å². The summed E-state index contributed by atoms with van der Waals surface area (Å²) in [7, 11) is 0. The Morgan fingerprint density at radius 1 is 1.20 bits per heavy atom. The molecule has 0 saturated heterocycles. The van der Waals surface area contributed by atoms with Crippen LogP contribution in [0, 0.1) is 0 Å². The number of rotatable bonds is 5. The van der Waals surface area contributed by atoms with Crippen molar-refractivity contribution in [1.29, 1.82) is 0 Å². The summed E-state index contributed by atoms with van der Waals surface area (Å²) in [6.45, 7) is 4.54. The van der Waals surface area contributed by atoms with Gasteiger partial charge in [-0.1, -0.05) is 50.3 Å². The normalized spacial score (nSPS) is 11.2. The van der Waals surface area contributed by atoms with Crippen LogP contribution >= 0.6 is 0 Å². The fourth-order valence-corrected chi connectivity index (χ4v) is 1.93. The standard InChI is InChI=1S/C16H19N3O/c1-12(2)14-15(17)18-11-19-16(14)20-10-6-9-13-7-4-3-5-8-13/h3-9,11-12H,10H2,1-2H3,(H2,17,18,19)/b9-6+. The van der Waals surface area contributed by atoms with E-state index in [1.165, 1.54) is 6.33 Å². The first-order valence-corrected chi connectivity index (χ1v) is 6.63. The molecule has 20 heavy (non-hydrogen) atoms. The van der Waals surface area contributed by atoms with E-state index in [9.17, 15) is 0 Å². The number of hydrogen-bond acceptors (Lipinski definition) is 4. The molecule has 1 aromatic carbocycles. The Bertz CT molecular complexity index is 580. The highest BCUT2D eigenvalue weighted by Gasteiger charge is 2.13. The lowest BCUT2D eigenvalue weighted by atomic mass is 10.1. The molecule has 0 unspecified atom stereocenters. The number of nitrogen functional groups attached to an aromatic ring is 1. The van der Waals surface area contributed by atoms with Crippen molar-refractivity contribution in [2.24, 2.45) is 0 Å². The minimum absolute atomic E-state index is 0.226. The van der Waals surface area contributed by atoms with Gasteiger partial charge in [-0.05, 0) is 17.6 Å². The molecule has 0 amide bonds. The number of hydrogen-bond donors (Lipinski definition) is 1. The predicted octanol–water partition coefficient (Wildman–Crippen LogP) is 3.27. The fourth-order valence-electron chi connectivity index (χ4n) is 1.93. The molecule has 1 heterocycles. The van der Waals surface area contributed by atoms with E-state index in [4.69, 9.17) is 10.5 Å². The van der Waals surface area contributed by atoms with E-state index in [1.54, 1.807) is 0 Å². The first-order chi connectivity index (χ1) is 9.68. The first kappa shape index (κ1) is 14.1. The van der Waals surface area contributed by atoms with Crippen molar-refractivity contribution in [3.63, 3.8) is 0 Å². The highest BCUT2D eigenvalue weighted by Crippen LogP contribution is 2.27. The van der Waals surface area contributed by atoms with Gasteiger partial charge in [0.15, 0.2) is 0 Å². The number of anilines is 1. The topological polar surface area (TPSA) is 61.0 Å². The molecule has 0 spiro atoms. The van der Waals surface area contributed by atoms with E-state index in [1.807, 2.05) is 56.3 Å². The maximum Gasteiger partial charge on any atom is 0.222 e. The Labute approximate surface area is 119 Å². The van der Waals surface area contributed by atoms with E-state index < -0.39 is 0 Å². The van der Waals surface area contributed by atoms with Crippen LogP contribution in [0.15, 0.2) is 42.7 Å². The van der Waals surface area contributed by atoms with E-state index in [0.717, 1.165) is 11.1 Å². The Morgan fingerprint density at radius 2 is 1.95 bits per heavy atom. The van der Waals surface area contributed by atoms with Crippen molar-refractivity contribution in [1.82, 2.24) is 9.97 Å². The lowest BCUT2D eigenvalue weighted by Crippen LogP contribution is -2.06. The molecule has 2 rings (SSSR count). The summed E-state index contributed by atoms with van der Waals surface area (Å²) in [5.74, 6) is 1.27. The lowest BCUT2D eigenvalue weighted by molar-refractivity contribution is 0.342. The average molecular weight is 269 g/mol. The van der Waals surface area contributed by atoms with Crippen molar-refractivity contribution in [2.75, 3.05) is 12.3 Å². The third kappa shape index (κ3) is 3.57. The molecule has 0 aliphatic rings. The molecule has 2 N–H and O–H groups in total. The summed E-state index contributed by atoms with van der Waals surface area (Å²) in [5.41, 5.74) is 7.87. The smallest absolute Gasteiger partial charge is 0.222 e. The summed E-state index contributed by atoms with van der Waals surface area (Å²) >= 11 is 0. The summed E-state index contributed by atoms with van der Waals surface area (Å²) in [4.78, 5) is 8.16. The third-order valence-corrected chi connectivity index (χ3v) is 2.88. The van der Waals surface area contributed by atoms with Gasteiger partial charge >= 0.3 is 0 Å². The average Bonchev–Trinajstić information content (AvgIpc) is 2.44. The summed E-state index contributed by atoms with van der Waals surface area (Å²) in [6.07, 6.45) is 5.40. The van der Waals surface area contributed by atoms with Crippen LogP contribution in [0.1, 0.15) is 30.9 Å². The maximum atomic E-state index is 5.87. The molecule has 2 aromatic rings. The van der Waals surface area contributed by atoms with Gasteiger partial charge in [-0.2, -0.15) is 0 Å². The van der Waals surface area contributed by atoms with Crippen molar-refractivity contribution in [2.45, 2.75) is 19.8 Å². The minimum Gasteiger partial charge on any atom is -0.473 e. The maximum absolute atomic E-state index is 5.87. The number of aromatic nitrogens is 2. The van der Waals surface area contributed by atoms with Gasteiger partial charge in [-0.15, -0.1) is 0 Å². The third-order valence-electron chi connectivity index (χ3n) is 2.88. The lowest BCUT2D eigenvalue weighted by Gasteiger charge is -2.12. The second kappa shape index (κ2) is 6.70. The van der Waals surface area contributed by atoms with Crippen molar-refractivity contribution in [3.8, 4) is 5.88 Å². The van der Waals surface area contributed by atoms with Gasteiger partial charge < -0.3 is 10.5 Å². The monoisotopic (exact) mass is 269 g/mol. The molecule has 4 heteroatoms. The highest BCUT2D eigenvalue weighted by molar-refractivity contribution is 5.49. The van der Waals surface area contributed by atoms with E-state index in [-0.39, 0.29) is 5.92 Å². The van der Waals surface area contributed by atoms with Gasteiger partial charge in [0.05, 0.1) is 5.56 Å². The molecule has 0 aliphatic heterocycles. The highest BCUT2D eigenvalue weighted by atomic mass is 16.5. The van der Waals surface area contributed by atoms with Crippen LogP contribution in [0.3, 0.4) is 0 Å². The summed E-state index contributed by atoms with van der Waals surface area (Å²) in [6, 6.07) is 10.1. The zero-order valence-electron chi connectivity index (χ0n) is 11.8. The van der Waals surface area contributed by atoms with E-state index in [2.05, 4.69) is 9.97 Å². The van der Waals surface area contributed by atoms with Crippen molar-refractivity contribution >= 4 is 11.9 Å². The van der Waals surface area contributed by atoms with E-state index >= 15 is 0 Å². The van der Waals surface area contributed by atoms with Crippen LogP contribution < -0.4 is 10.5 Å². The first-order valence-electron chi connectivity index (χ1n) is 6.63. The van der Waals surface area contributed by atoms with Gasteiger partial charge in [-0.25, -0.2) is 9.97 Å². The number of benzene rings is 1. The van der Waals surface area contributed by atoms with Gasteiger partial charge in [0.2, 0.25) is 5.88 Å². The Balaban J connectivity index is 2.01. The molecule has 4 nitrogen and oxygen atoms in total. The predicted molar refractivity (Wildman–Crippen MR) is 81.5 cm³/mol. The molecule has 0 radical (unpaired) electrons. The summed E-state index contributed by atoms with van der Waals surface area (Å²) in [5, 5.41) is 0. The van der Waals surface area contributed by atoms with Gasteiger partial charge in [-0.3, -0.25) is 0 Å². The molecule has 0 aliphatic carbocycles. The minimum atomic E-state index is 0.226. The zero-order valence-corrected chi connectivity index (χ0v) is 11.8. The van der Waals surface area contributed by atoms with Gasteiger partial charge in [0.1, 0.15) is 18.8 Å². The van der Waals surface area contributed by atoms with Crippen LogP contribution in [-0.4, -0.2) is 16.6 Å². The second-order valence-corrected chi connectivity index (χ2v) is 4.76. The largest absolute Gasteiger partial charge is 0.473 e. The van der Waals surface area contributed by atoms with Gasteiger partial charge in [0.25, 0.3) is 0 Å². The molecular weight excluding hydrogens is 250 g/mol. The fraction of sp³-hybridized carbons (Fsp3) is 0.250. The number of ether oxygens (including phenoxy) is 1. The number of nitrogens with zero attached hydrogens (tertiary/aromatic N) is 2. The molecule has 1 aromatic heterocycles. The molecule has 0 fully saturated rings. The Hall–Kier alpha value is -2.36. The Kier molecular flexibility index (Phi) is 4.71. The van der Waals surface area contributed by atoms with Gasteiger partial charge in [0, 0.05) is 0 Å². The summed E-state index contributed by atoms with van der Waals surface area (Å²) < 4.78 is 5.68. The molecule has 104 valence electrons. The molecule has 0 bridgehead atoms. The number of nitrogens with two attached hydrogens (primary N) is 1. The van der Waals surface area contributed by atoms with E-state index in [0.29, 0.717) is 18.3 Å². The SMILES string of the molecule is CC(C)c1c(N)ncnc1OC/C=C/c1ccccc1. The van der Waals surface area contributed by atoms with Crippen LogP contribution in [0.2, 0.25) is 0 Å². The quantitative estimate of drug-likeness (QED) is 0.905. The van der Waals surface area contributed by atoms with Crippen LogP contribution in [0.4, 0.5) is 5.82 Å². The van der Waals surface area contributed by atoms with Crippen molar-refractivity contribution in [3.05, 3.63) is 53.9 Å². The van der Waals surface area contributed by atoms with Crippen LogP contribution in [0.25, 0.3) is 6.08 Å². The molecule has 0 saturated carbocycles. The second-order valence-electron chi connectivity index (χ2n) is 4.76. The van der Waals surface area contributed by atoms with Crippen LogP contribution in [-0.2, 0) is 0 Å². The molecular formula is C16H19N3O. The zero-order chi connectivity index (χ0) is 14.4. The Morgan fingerprint density at radius 3 is 2.65 bits per heavy atom. The van der Waals surface area contributed by atoms with Crippen molar-refractivity contribution < 1.29 is 4.74 Å². The molecule has 0 atom stereocenters.